The lowest BCUT2D eigenvalue weighted by molar-refractivity contribution is -0.128. The fourth-order valence-electron chi connectivity index (χ4n) is 1.87. The van der Waals surface area contributed by atoms with E-state index in [0.29, 0.717) is 12.4 Å². The van der Waals surface area contributed by atoms with Crippen LogP contribution in [0.2, 0.25) is 0 Å². The molecule has 3 nitrogen and oxygen atoms in total. The van der Waals surface area contributed by atoms with Gasteiger partial charge >= 0.3 is 5.97 Å². The standard InChI is InChI=1S/C19H20O3/c1-3-14-21-17-11-8-16(9-12-17)10-13-19(20)22-18-7-5-4-6-15(18)2/h4-13H,3,14H2,1-2H3/b13-10+. The minimum atomic E-state index is -0.388. The largest absolute Gasteiger partial charge is 0.494 e. The molecule has 0 saturated heterocycles. The molecule has 2 rings (SSSR count). The third-order valence-electron chi connectivity index (χ3n) is 3.07. The lowest BCUT2D eigenvalue weighted by Crippen LogP contribution is -2.04. The number of rotatable bonds is 6. The molecule has 0 bridgehead atoms. The van der Waals surface area contributed by atoms with Gasteiger partial charge in [-0.05, 0) is 48.7 Å². The van der Waals surface area contributed by atoms with Crippen LogP contribution in [0.3, 0.4) is 0 Å². The van der Waals surface area contributed by atoms with E-state index >= 15 is 0 Å². The maximum Gasteiger partial charge on any atom is 0.336 e. The van der Waals surface area contributed by atoms with E-state index in [1.165, 1.54) is 6.08 Å². The second-order valence-electron chi connectivity index (χ2n) is 4.94. The van der Waals surface area contributed by atoms with Crippen LogP contribution in [-0.2, 0) is 4.79 Å². The molecule has 0 radical (unpaired) electrons. The van der Waals surface area contributed by atoms with E-state index in [1.54, 1.807) is 12.1 Å². The lowest BCUT2D eigenvalue weighted by atomic mass is 10.2. The third-order valence-corrected chi connectivity index (χ3v) is 3.07. The molecule has 0 N–H and O–H groups in total. The first-order valence-electron chi connectivity index (χ1n) is 7.37. The molecular formula is C19H20O3. The quantitative estimate of drug-likeness (QED) is 0.450. The third kappa shape index (κ3) is 4.77. The highest BCUT2D eigenvalue weighted by Gasteiger charge is 2.02. The SMILES string of the molecule is CCCOc1ccc(/C=C/C(=O)Oc2ccccc2C)cc1. The summed E-state index contributed by atoms with van der Waals surface area (Å²) >= 11 is 0. The highest BCUT2D eigenvalue weighted by atomic mass is 16.5. The number of carbonyl (C=O) groups excluding carboxylic acids is 1. The van der Waals surface area contributed by atoms with Crippen molar-refractivity contribution in [3.63, 3.8) is 0 Å². The fourth-order valence-corrected chi connectivity index (χ4v) is 1.87. The first-order valence-corrected chi connectivity index (χ1v) is 7.37. The van der Waals surface area contributed by atoms with E-state index in [2.05, 4.69) is 6.92 Å². The Morgan fingerprint density at radius 2 is 1.82 bits per heavy atom. The molecule has 3 heteroatoms. The topological polar surface area (TPSA) is 35.5 Å². The average Bonchev–Trinajstić information content (AvgIpc) is 2.54. The Morgan fingerprint density at radius 3 is 2.50 bits per heavy atom. The number of benzene rings is 2. The molecule has 0 spiro atoms. The van der Waals surface area contributed by atoms with Gasteiger partial charge in [-0.15, -0.1) is 0 Å². The van der Waals surface area contributed by atoms with E-state index in [9.17, 15) is 4.79 Å². The van der Waals surface area contributed by atoms with Gasteiger partial charge in [0.1, 0.15) is 11.5 Å². The Bertz CT molecular complexity index is 642. The molecule has 22 heavy (non-hydrogen) atoms. The van der Waals surface area contributed by atoms with Crippen LogP contribution in [0, 0.1) is 6.92 Å². The van der Waals surface area contributed by atoms with Gasteiger partial charge in [-0.2, -0.15) is 0 Å². The number of aryl methyl sites for hydroxylation is 1. The summed E-state index contributed by atoms with van der Waals surface area (Å²) in [6, 6.07) is 15.0. The van der Waals surface area contributed by atoms with Crippen LogP contribution in [0.4, 0.5) is 0 Å². The van der Waals surface area contributed by atoms with E-state index in [4.69, 9.17) is 9.47 Å². The molecule has 0 unspecified atom stereocenters. The summed E-state index contributed by atoms with van der Waals surface area (Å²) in [6.07, 6.45) is 4.13. The summed E-state index contributed by atoms with van der Waals surface area (Å²) in [5.41, 5.74) is 1.85. The summed E-state index contributed by atoms with van der Waals surface area (Å²) in [7, 11) is 0. The second-order valence-corrected chi connectivity index (χ2v) is 4.94. The maximum absolute atomic E-state index is 11.8. The van der Waals surface area contributed by atoms with Crippen LogP contribution >= 0.6 is 0 Å². The van der Waals surface area contributed by atoms with Crippen LogP contribution in [0.25, 0.3) is 6.08 Å². The van der Waals surface area contributed by atoms with Gasteiger partial charge in [-0.3, -0.25) is 0 Å². The highest BCUT2D eigenvalue weighted by molar-refractivity contribution is 5.88. The smallest absolute Gasteiger partial charge is 0.336 e. The number of para-hydroxylation sites is 1. The summed E-state index contributed by atoms with van der Waals surface area (Å²) in [6.45, 7) is 4.68. The Balaban J connectivity index is 1.93. The normalized spacial score (nSPS) is 10.6. The zero-order chi connectivity index (χ0) is 15.8. The van der Waals surface area contributed by atoms with E-state index in [-0.39, 0.29) is 5.97 Å². The van der Waals surface area contributed by atoms with Gasteiger partial charge in [0.15, 0.2) is 0 Å². The minimum absolute atomic E-state index is 0.388. The van der Waals surface area contributed by atoms with Crippen LogP contribution in [-0.4, -0.2) is 12.6 Å². The summed E-state index contributed by atoms with van der Waals surface area (Å²) < 4.78 is 10.8. The molecule has 0 amide bonds. The predicted octanol–water partition coefficient (Wildman–Crippen LogP) is 4.40. The van der Waals surface area contributed by atoms with E-state index < -0.39 is 0 Å². The maximum atomic E-state index is 11.8. The van der Waals surface area contributed by atoms with Gasteiger partial charge in [0.05, 0.1) is 6.61 Å². The van der Waals surface area contributed by atoms with Crippen LogP contribution < -0.4 is 9.47 Å². The number of hydrogen-bond acceptors (Lipinski definition) is 3. The zero-order valence-electron chi connectivity index (χ0n) is 12.9. The molecule has 0 aliphatic rings. The molecule has 0 fully saturated rings. The molecule has 0 aliphatic heterocycles. The summed E-state index contributed by atoms with van der Waals surface area (Å²) in [5, 5.41) is 0. The monoisotopic (exact) mass is 296 g/mol. The van der Waals surface area contributed by atoms with Crippen molar-refractivity contribution in [3.05, 3.63) is 65.7 Å². The van der Waals surface area contributed by atoms with Gasteiger partial charge in [-0.1, -0.05) is 37.3 Å². The number of esters is 1. The molecule has 0 saturated carbocycles. The fraction of sp³-hybridized carbons (Fsp3) is 0.211. The summed E-state index contributed by atoms with van der Waals surface area (Å²) in [5.74, 6) is 1.03. The molecule has 114 valence electrons. The molecule has 0 atom stereocenters. The number of hydrogen-bond donors (Lipinski definition) is 0. The van der Waals surface area contributed by atoms with Gasteiger partial charge in [0.2, 0.25) is 0 Å². The Labute approximate surface area is 131 Å². The van der Waals surface area contributed by atoms with Crippen LogP contribution in [0.15, 0.2) is 54.6 Å². The van der Waals surface area contributed by atoms with Crippen molar-refractivity contribution in [2.24, 2.45) is 0 Å². The van der Waals surface area contributed by atoms with Crippen LogP contribution in [0.1, 0.15) is 24.5 Å². The molecule has 0 heterocycles. The minimum Gasteiger partial charge on any atom is -0.494 e. The van der Waals surface area contributed by atoms with Gasteiger partial charge in [0, 0.05) is 6.08 Å². The molecule has 2 aromatic rings. The first-order chi connectivity index (χ1) is 10.7. The predicted molar refractivity (Wildman–Crippen MR) is 88.1 cm³/mol. The van der Waals surface area contributed by atoms with E-state index in [1.807, 2.05) is 49.4 Å². The van der Waals surface area contributed by atoms with Crippen molar-refractivity contribution in [3.8, 4) is 11.5 Å². The van der Waals surface area contributed by atoms with Crippen molar-refractivity contribution in [2.75, 3.05) is 6.61 Å². The van der Waals surface area contributed by atoms with Gasteiger partial charge in [0.25, 0.3) is 0 Å². The highest BCUT2D eigenvalue weighted by Crippen LogP contribution is 2.17. The molecular weight excluding hydrogens is 276 g/mol. The number of carbonyl (C=O) groups is 1. The van der Waals surface area contributed by atoms with Crippen LogP contribution in [0.5, 0.6) is 11.5 Å². The van der Waals surface area contributed by atoms with E-state index in [0.717, 1.165) is 23.3 Å². The Hall–Kier alpha value is -2.55. The molecule has 0 aliphatic carbocycles. The first kappa shape index (κ1) is 15.8. The second kappa shape index (κ2) is 8.03. The molecule has 0 aromatic heterocycles. The van der Waals surface area contributed by atoms with Crippen molar-refractivity contribution < 1.29 is 14.3 Å². The van der Waals surface area contributed by atoms with Crippen molar-refractivity contribution in [2.45, 2.75) is 20.3 Å². The van der Waals surface area contributed by atoms with Crippen molar-refractivity contribution in [1.82, 2.24) is 0 Å². The van der Waals surface area contributed by atoms with Gasteiger partial charge in [-0.25, -0.2) is 4.79 Å². The Kier molecular flexibility index (Phi) is 5.78. The Morgan fingerprint density at radius 1 is 1.09 bits per heavy atom. The van der Waals surface area contributed by atoms with Gasteiger partial charge < -0.3 is 9.47 Å². The number of ether oxygens (including phenoxy) is 2. The van der Waals surface area contributed by atoms with Crippen molar-refractivity contribution in [1.29, 1.82) is 0 Å². The van der Waals surface area contributed by atoms with Crippen molar-refractivity contribution >= 4 is 12.0 Å². The summed E-state index contributed by atoms with van der Waals surface area (Å²) in [4.78, 5) is 11.8. The lowest BCUT2D eigenvalue weighted by Gasteiger charge is -2.05. The molecule has 2 aromatic carbocycles. The zero-order valence-corrected chi connectivity index (χ0v) is 12.9. The average molecular weight is 296 g/mol.